The van der Waals surface area contributed by atoms with Gasteiger partial charge in [0, 0.05) is 24.2 Å². The number of H-pyrrole nitrogens is 1. The molecule has 25 heavy (non-hydrogen) atoms. The fraction of sp³-hybridized carbons (Fsp3) is 0.421. The molecule has 2 aromatic rings. The number of aromatic nitrogens is 2. The van der Waals surface area contributed by atoms with E-state index in [9.17, 15) is 10.1 Å². The normalized spacial score (nSPS) is 11.3. The lowest BCUT2D eigenvalue weighted by Gasteiger charge is -2.30. The van der Waals surface area contributed by atoms with Gasteiger partial charge in [0.1, 0.15) is 11.6 Å². The largest absolute Gasteiger partial charge is 0.300 e. The van der Waals surface area contributed by atoms with Crippen molar-refractivity contribution in [3.63, 3.8) is 0 Å². The maximum atomic E-state index is 12.0. The van der Waals surface area contributed by atoms with E-state index in [0.29, 0.717) is 22.9 Å². The number of hydrogen-bond acceptors (Lipinski definition) is 5. The number of nitrogens with zero attached hydrogens (tertiary/aromatic N) is 3. The summed E-state index contributed by atoms with van der Waals surface area (Å²) in [5, 5.41) is 9.80. The van der Waals surface area contributed by atoms with Gasteiger partial charge in [-0.15, -0.1) is 0 Å². The Morgan fingerprint density at radius 2 is 1.80 bits per heavy atom. The molecule has 0 aliphatic heterocycles. The summed E-state index contributed by atoms with van der Waals surface area (Å²) in [7, 11) is 0. The topological polar surface area (TPSA) is 72.8 Å². The van der Waals surface area contributed by atoms with Crippen LogP contribution in [0.1, 0.15) is 38.8 Å². The molecule has 0 saturated heterocycles. The molecule has 0 unspecified atom stereocenters. The Morgan fingerprint density at radius 1 is 1.20 bits per heavy atom. The number of nitriles is 1. The van der Waals surface area contributed by atoms with Gasteiger partial charge in [-0.2, -0.15) is 5.26 Å². The molecule has 0 amide bonds. The second-order valence-electron chi connectivity index (χ2n) is 6.47. The van der Waals surface area contributed by atoms with Crippen LogP contribution >= 0.6 is 11.8 Å². The average Bonchev–Trinajstić information content (AvgIpc) is 2.58. The Labute approximate surface area is 153 Å². The fourth-order valence-electron chi connectivity index (χ4n) is 2.80. The summed E-state index contributed by atoms with van der Waals surface area (Å²) in [6.07, 6.45) is 1.84. The summed E-state index contributed by atoms with van der Waals surface area (Å²) in [6.45, 7) is 9.63. The highest BCUT2D eigenvalue weighted by atomic mass is 32.2. The zero-order valence-corrected chi connectivity index (χ0v) is 16.1. The fourth-order valence-corrected chi connectivity index (χ4v) is 3.18. The van der Waals surface area contributed by atoms with E-state index in [1.165, 1.54) is 17.3 Å². The van der Waals surface area contributed by atoms with Crippen molar-refractivity contribution in [2.45, 2.75) is 51.5 Å². The van der Waals surface area contributed by atoms with E-state index >= 15 is 0 Å². The second kappa shape index (κ2) is 8.32. The minimum absolute atomic E-state index is 0.0523. The van der Waals surface area contributed by atoms with Crippen molar-refractivity contribution >= 4 is 11.8 Å². The highest BCUT2D eigenvalue weighted by molar-refractivity contribution is 7.98. The van der Waals surface area contributed by atoms with Crippen LogP contribution in [0.4, 0.5) is 0 Å². The van der Waals surface area contributed by atoms with Crippen LogP contribution in [0.15, 0.2) is 34.2 Å². The van der Waals surface area contributed by atoms with E-state index in [4.69, 9.17) is 0 Å². The molecule has 132 valence electrons. The average molecular weight is 356 g/mol. The molecule has 0 fully saturated rings. The van der Waals surface area contributed by atoms with Crippen molar-refractivity contribution < 1.29 is 0 Å². The number of aromatic amines is 1. The zero-order chi connectivity index (χ0) is 18.6. The number of thioether (sulfide) groups is 1. The van der Waals surface area contributed by atoms with Crippen molar-refractivity contribution in [1.29, 1.82) is 5.26 Å². The van der Waals surface area contributed by atoms with Crippen LogP contribution in [0.3, 0.4) is 0 Å². The summed E-state index contributed by atoms with van der Waals surface area (Å²) in [5.74, 6) is 0. The van der Waals surface area contributed by atoms with Gasteiger partial charge in [0.25, 0.3) is 5.56 Å². The number of nitrogens with one attached hydrogen (secondary N) is 1. The predicted octanol–water partition coefficient (Wildman–Crippen LogP) is 3.65. The summed E-state index contributed by atoms with van der Waals surface area (Å²) in [4.78, 5) is 21.5. The molecule has 0 spiro atoms. The summed E-state index contributed by atoms with van der Waals surface area (Å²) in [5.41, 5.74) is 2.07. The summed E-state index contributed by atoms with van der Waals surface area (Å²) >= 11 is 1.35. The molecule has 0 aliphatic rings. The van der Waals surface area contributed by atoms with Gasteiger partial charge in [0.2, 0.25) is 0 Å². The van der Waals surface area contributed by atoms with Gasteiger partial charge in [0.05, 0.1) is 5.69 Å². The van der Waals surface area contributed by atoms with Crippen molar-refractivity contribution in [3.8, 4) is 17.3 Å². The maximum absolute atomic E-state index is 12.0. The number of hydrogen-bond donors (Lipinski definition) is 1. The van der Waals surface area contributed by atoms with Crippen LogP contribution in [0.25, 0.3) is 11.3 Å². The van der Waals surface area contributed by atoms with Crippen LogP contribution in [0.5, 0.6) is 0 Å². The molecule has 1 heterocycles. The van der Waals surface area contributed by atoms with E-state index in [1.54, 1.807) is 0 Å². The molecule has 1 aromatic carbocycles. The quantitative estimate of drug-likeness (QED) is 0.632. The third kappa shape index (κ3) is 4.50. The third-order valence-corrected chi connectivity index (χ3v) is 4.70. The first-order chi connectivity index (χ1) is 11.9. The Bertz CT molecular complexity index is 811. The molecule has 2 rings (SSSR count). The Hall–Kier alpha value is -2.10. The molecule has 6 heteroatoms. The van der Waals surface area contributed by atoms with Gasteiger partial charge in [-0.25, -0.2) is 4.98 Å². The maximum Gasteiger partial charge on any atom is 0.270 e. The van der Waals surface area contributed by atoms with Crippen molar-refractivity contribution in [2.75, 3.05) is 6.26 Å². The van der Waals surface area contributed by atoms with Gasteiger partial charge >= 0.3 is 0 Å². The molecular weight excluding hydrogens is 332 g/mol. The van der Waals surface area contributed by atoms with Gasteiger partial charge in [-0.1, -0.05) is 36.0 Å². The van der Waals surface area contributed by atoms with E-state index in [2.05, 4.69) is 42.6 Å². The Morgan fingerprint density at radius 3 is 2.28 bits per heavy atom. The summed E-state index contributed by atoms with van der Waals surface area (Å²) in [6, 6.07) is 10.8. The van der Waals surface area contributed by atoms with E-state index < -0.39 is 5.56 Å². The third-order valence-electron chi connectivity index (χ3n) is 4.12. The van der Waals surface area contributed by atoms with Gasteiger partial charge in [-0.05, 0) is 39.5 Å². The molecule has 5 nitrogen and oxygen atoms in total. The van der Waals surface area contributed by atoms with Gasteiger partial charge in [0.15, 0.2) is 5.16 Å². The molecule has 1 aromatic heterocycles. The van der Waals surface area contributed by atoms with Crippen molar-refractivity contribution in [2.24, 2.45) is 0 Å². The monoisotopic (exact) mass is 356 g/mol. The molecule has 0 atom stereocenters. The second-order valence-corrected chi connectivity index (χ2v) is 7.26. The van der Waals surface area contributed by atoms with Crippen molar-refractivity contribution in [1.82, 2.24) is 14.9 Å². The first kappa shape index (κ1) is 19.2. The van der Waals surface area contributed by atoms with Crippen LogP contribution < -0.4 is 5.56 Å². The lowest BCUT2D eigenvalue weighted by Crippen LogP contribution is -2.36. The SMILES string of the molecule is CSc1nc(-c2ccc(CN(C(C)C)C(C)C)cc2)c(C#N)c(=O)[nH]1. The van der Waals surface area contributed by atoms with Gasteiger partial charge in [-0.3, -0.25) is 9.69 Å². The minimum Gasteiger partial charge on any atom is -0.300 e. The van der Waals surface area contributed by atoms with Gasteiger partial charge < -0.3 is 4.98 Å². The lowest BCUT2D eigenvalue weighted by atomic mass is 10.0. The van der Waals surface area contributed by atoms with Crippen LogP contribution in [-0.2, 0) is 6.54 Å². The molecule has 0 aliphatic carbocycles. The molecule has 0 saturated carbocycles. The first-order valence-corrected chi connectivity index (χ1v) is 9.53. The zero-order valence-electron chi connectivity index (χ0n) is 15.3. The smallest absolute Gasteiger partial charge is 0.270 e. The first-order valence-electron chi connectivity index (χ1n) is 8.30. The summed E-state index contributed by atoms with van der Waals surface area (Å²) < 4.78 is 0. The Balaban J connectivity index is 2.36. The van der Waals surface area contributed by atoms with E-state index in [1.807, 2.05) is 36.6 Å². The van der Waals surface area contributed by atoms with E-state index in [0.717, 1.165) is 12.1 Å². The predicted molar refractivity (Wildman–Crippen MR) is 103 cm³/mol. The Kier molecular flexibility index (Phi) is 6.40. The minimum atomic E-state index is -0.397. The van der Waals surface area contributed by atoms with E-state index in [-0.39, 0.29) is 5.56 Å². The van der Waals surface area contributed by atoms with Crippen LogP contribution in [0.2, 0.25) is 0 Å². The molecule has 0 bridgehead atoms. The number of benzene rings is 1. The number of rotatable bonds is 6. The lowest BCUT2D eigenvalue weighted by molar-refractivity contribution is 0.166. The standard InChI is InChI=1S/C19H24N4OS/c1-12(2)23(13(3)4)11-14-6-8-15(9-7-14)17-16(10-20)18(24)22-19(21-17)25-5/h6-9,12-13H,11H2,1-5H3,(H,21,22,24). The van der Waals surface area contributed by atoms with Crippen LogP contribution in [-0.4, -0.2) is 33.2 Å². The van der Waals surface area contributed by atoms with Crippen molar-refractivity contribution in [3.05, 3.63) is 45.7 Å². The highest BCUT2D eigenvalue weighted by Crippen LogP contribution is 2.22. The molecule has 1 N–H and O–H groups in total. The molecular formula is C19H24N4OS. The molecule has 0 radical (unpaired) electrons. The van der Waals surface area contributed by atoms with Crippen LogP contribution in [0, 0.1) is 11.3 Å². The highest BCUT2D eigenvalue weighted by Gasteiger charge is 2.15.